The molecule has 1 fully saturated rings. The fourth-order valence-corrected chi connectivity index (χ4v) is 3.14. The second kappa shape index (κ2) is 7.05. The Balaban J connectivity index is 2.14. The van der Waals surface area contributed by atoms with Gasteiger partial charge in [0.05, 0.1) is 0 Å². The van der Waals surface area contributed by atoms with Crippen LogP contribution in [0.2, 0.25) is 0 Å². The molecule has 1 aliphatic rings. The van der Waals surface area contributed by atoms with Crippen LogP contribution in [0.4, 0.5) is 11.6 Å². The van der Waals surface area contributed by atoms with Crippen LogP contribution in [0, 0.1) is 5.92 Å². The summed E-state index contributed by atoms with van der Waals surface area (Å²) >= 11 is 3.60. The molecule has 106 valence electrons. The topological polar surface area (TPSA) is 61.3 Å². The molecule has 1 aromatic rings. The van der Waals surface area contributed by atoms with E-state index in [4.69, 9.17) is 5.11 Å². The molecule has 0 amide bonds. The van der Waals surface area contributed by atoms with Gasteiger partial charge in [0.25, 0.3) is 0 Å². The minimum Gasteiger partial charge on any atom is -0.396 e. The Morgan fingerprint density at radius 2 is 2.37 bits per heavy atom. The Morgan fingerprint density at radius 3 is 3.11 bits per heavy atom. The molecule has 19 heavy (non-hydrogen) atoms. The van der Waals surface area contributed by atoms with Crippen LogP contribution >= 0.6 is 15.9 Å². The van der Waals surface area contributed by atoms with Gasteiger partial charge in [-0.1, -0.05) is 0 Å². The zero-order valence-corrected chi connectivity index (χ0v) is 12.9. The highest BCUT2D eigenvalue weighted by molar-refractivity contribution is 9.10. The molecule has 1 aliphatic heterocycles. The van der Waals surface area contributed by atoms with E-state index in [1.54, 1.807) is 6.33 Å². The largest absolute Gasteiger partial charge is 0.396 e. The molecule has 5 nitrogen and oxygen atoms in total. The van der Waals surface area contributed by atoms with Gasteiger partial charge in [-0.25, -0.2) is 9.97 Å². The average molecular weight is 329 g/mol. The smallest absolute Gasteiger partial charge is 0.148 e. The second-order valence-electron chi connectivity index (χ2n) is 4.86. The molecule has 0 saturated carbocycles. The number of nitrogens with one attached hydrogen (secondary N) is 1. The number of hydrogen-bond donors (Lipinski definition) is 2. The number of aliphatic hydroxyl groups excluding tert-OH is 1. The zero-order valence-electron chi connectivity index (χ0n) is 11.3. The number of rotatable bonds is 5. The van der Waals surface area contributed by atoms with Gasteiger partial charge in [-0.2, -0.15) is 0 Å². The van der Waals surface area contributed by atoms with E-state index < -0.39 is 0 Å². The number of aromatic nitrogens is 2. The van der Waals surface area contributed by atoms with E-state index in [9.17, 15) is 0 Å². The fourth-order valence-electron chi connectivity index (χ4n) is 2.55. The summed E-state index contributed by atoms with van der Waals surface area (Å²) in [6.07, 6.45) is 4.82. The maximum absolute atomic E-state index is 9.08. The van der Waals surface area contributed by atoms with E-state index in [1.165, 1.54) is 6.42 Å². The number of halogens is 1. The van der Waals surface area contributed by atoms with Gasteiger partial charge in [-0.3, -0.25) is 0 Å². The first kappa shape index (κ1) is 14.5. The molecule has 1 atom stereocenters. The van der Waals surface area contributed by atoms with E-state index in [2.05, 4.69) is 36.1 Å². The van der Waals surface area contributed by atoms with Crippen molar-refractivity contribution < 1.29 is 5.11 Å². The van der Waals surface area contributed by atoms with Crippen molar-refractivity contribution in [1.82, 2.24) is 9.97 Å². The third-order valence-electron chi connectivity index (χ3n) is 3.47. The number of hydrogen-bond acceptors (Lipinski definition) is 5. The van der Waals surface area contributed by atoms with Crippen LogP contribution < -0.4 is 10.2 Å². The van der Waals surface area contributed by atoms with Crippen molar-refractivity contribution in [1.29, 1.82) is 0 Å². The van der Waals surface area contributed by atoms with Gasteiger partial charge in [-0.15, -0.1) is 0 Å². The molecule has 1 unspecified atom stereocenters. The van der Waals surface area contributed by atoms with E-state index in [0.29, 0.717) is 5.92 Å². The third-order valence-corrected chi connectivity index (χ3v) is 4.20. The molecular weight excluding hydrogens is 308 g/mol. The summed E-state index contributed by atoms with van der Waals surface area (Å²) in [4.78, 5) is 10.9. The first-order chi connectivity index (χ1) is 9.26. The lowest BCUT2D eigenvalue weighted by atomic mass is 9.95. The van der Waals surface area contributed by atoms with E-state index >= 15 is 0 Å². The number of aliphatic hydroxyl groups is 1. The Hall–Kier alpha value is -0.880. The normalized spacial score (nSPS) is 19.5. The minimum atomic E-state index is 0.270. The van der Waals surface area contributed by atoms with E-state index in [0.717, 1.165) is 48.6 Å². The SMILES string of the molecule is CCNc1ncnc(N2CCCC(CCO)C2)c1Br. The first-order valence-corrected chi connectivity index (χ1v) is 7.65. The van der Waals surface area contributed by atoms with Crippen molar-refractivity contribution in [2.24, 2.45) is 5.92 Å². The predicted molar refractivity (Wildman–Crippen MR) is 80.5 cm³/mol. The van der Waals surface area contributed by atoms with Crippen LogP contribution in [-0.2, 0) is 0 Å². The summed E-state index contributed by atoms with van der Waals surface area (Å²) in [5.74, 6) is 2.36. The summed E-state index contributed by atoms with van der Waals surface area (Å²) in [5.41, 5.74) is 0. The van der Waals surface area contributed by atoms with Crippen LogP contribution in [0.1, 0.15) is 26.2 Å². The molecule has 0 radical (unpaired) electrons. The summed E-state index contributed by atoms with van der Waals surface area (Å²) in [5, 5.41) is 12.3. The summed E-state index contributed by atoms with van der Waals surface area (Å²) in [6.45, 7) is 5.13. The van der Waals surface area contributed by atoms with Gasteiger partial charge in [0.1, 0.15) is 22.4 Å². The van der Waals surface area contributed by atoms with Gasteiger partial charge < -0.3 is 15.3 Å². The standard InChI is InChI=1S/C13H21BrN4O/c1-2-15-12-11(14)13(17-9-16-12)18-6-3-4-10(8-18)5-7-19/h9-10,19H,2-8H2,1H3,(H,15,16,17). The highest BCUT2D eigenvalue weighted by Crippen LogP contribution is 2.32. The fraction of sp³-hybridized carbons (Fsp3) is 0.692. The zero-order chi connectivity index (χ0) is 13.7. The lowest BCUT2D eigenvalue weighted by Crippen LogP contribution is -2.36. The molecule has 2 N–H and O–H groups in total. The molecule has 2 heterocycles. The summed E-state index contributed by atoms with van der Waals surface area (Å²) in [7, 11) is 0. The lowest BCUT2D eigenvalue weighted by molar-refractivity contribution is 0.244. The summed E-state index contributed by atoms with van der Waals surface area (Å²) < 4.78 is 0.932. The van der Waals surface area contributed by atoms with Crippen LogP contribution in [0.25, 0.3) is 0 Å². The van der Waals surface area contributed by atoms with Gasteiger partial charge in [0.15, 0.2) is 0 Å². The van der Waals surface area contributed by atoms with Gasteiger partial charge in [-0.05, 0) is 48.0 Å². The van der Waals surface area contributed by atoms with Crippen LogP contribution in [0.5, 0.6) is 0 Å². The van der Waals surface area contributed by atoms with Crippen molar-refractivity contribution >= 4 is 27.6 Å². The molecule has 1 aromatic heterocycles. The van der Waals surface area contributed by atoms with Crippen molar-refractivity contribution in [3.63, 3.8) is 0 Å². The van der Waals surface area contributed by atoms with Crippen molar-refractivity contribution in [2.75, 3.05) is 36.5 Å². The van der Waals surface area contributed by atoms with Crippen LogP contribution in [0.15, 0.2) is 10.8 Å². The van der Waals surface area contributed by atoms with Crippen molar-refractivity contribution in [3.8, 4) is 0 Å². The number of piperidine rings is 1. The van der Waals surface area contributed by atoms with Crippen molar-refractivity contribution in [3.05, 3.63) is 10.8 Å². The Labute approximate surface area is 122 Å². The monoisotopic (exact) mass is 328 g/mol. The Kier molecular flexibility index (Phi) is 5.39. The quantitative estimate of drug-likeness (QED) is 0.868. The van der Waals surface area contributed by atoms with E-state index in [-0.39, 0.29) is 6.61 Å². The molecule has 6 heteroatoms. The Morgan fingerprint density at radius 1 is 1.53 bits per heavy atom. The van der Waals surface area contributed by atoms with Crippen LogP contribution in [0.3, 0.4) is 0 Å². The number of anilines is 2. The molecule has 0 bridgehead atoms. The molecule has 0 aliphatic carbocycles. The average Bonchev–Trinajstić information content (AvgIpc) is 2.42. The highest BCUT2D eigenvalue weighted by Gasteiger charge is 2.23. The number of nitrogens with zero attached hydrogens (tertiary/aromatic N) is 3. The predicted octanol–water partition coefficient (Wildman–Crippen LogP) is 2.27. The molecule has 0 aromatic carbocycles. The van der Waals surface area contributed by atoms with Gasteiger partial charge in [0.2, 0.25) is 0 Å². The Bertz CT molecular complexity index is 414. The maximum atomic E-state index is 9.08. The molecule has 1 saturated heterocycles. The third kappa shape index (κ3) is 3.57. The molecule has 0 spiro atoms. The second-order valence-corrected chi connectivity index (χ2v) is 5.65. The highest BCUT2D eigenvalue weighted by atomic mass is 79.9. The van der Waals surface area contributed by atoms with Gasteiger partial charge in [0, 0.05) is 26.2 Å². The lowest BCUT2D eigenvalue weighted by Gasteiger charge is -2.34. The summed E-state index contributed by atoms with van der Waals surface area (Å²) in [6, 6.07) is 0. The molecule has 2 rings (SSSR count). The first-order valence-electron chi connectivity index (χ1n) is 6.86. The van der Waals surface area contributed by atoms with E-state index in [1.807, 2.05) is 6.92 Å². The van der Waals surface area contributed by atoms with Crippen molar-refractivity contribution in [2.45, 2.75) is 26.2 Å². The minimum absolute atomic E-state index is 0.270. The molecular formula is C13H21BrN4O. The van der Waals surface area contributed by atoms with Gasteiger partial charge >= 0.3 is 0 Å². The van der Waals surface area contributed by atoms with Crippen LogP contribution in [-0.4, -0.2) is 41.3 Å². The maximum Gasteiger partial charge on any atom is 0.148 e.